The highest BCUT2D eigenvalue weighted by molar-refractivity contribution is 8.08. The van der Waals surface area contributed by atoms with E-state index >= 15 is 0 Å². The fourth-order valence-electron chi connectivity index (χ4n) is 2.77. The molecule has 7 heteroatoms. The van der Waals surface area contributed by atoms with Gasteiger partial charge in [0, 0.05) is 6.04 Å². The molecule has 3 rings (SSSR count). The minimum absolute atomic E-state index is 0.103. The number of nitrogens with zero attached hydrogens (tertiary/aromatic N) is 2. The fourth-order valence-corrected chi connectivity index (χ4v) is 7.02. The molecule has 1 saturated carbocycles. The Bertz CT molecular complexity index is 688. The third kappa shape index (κ3) is 2.97. The maximum atomic E-state index is 12.9. The lowest BCUT2D eigenvalue weighted by Crippen LogP contribution is -2.36. The highest BCUT2D eigenvalue weighted by Crippen LogP contribution is 2.34. The van der Waals surface area contributed by atoms with Crippen LogP contribution in [-0.4, -0.2) is 29.4 Å². The molecule has 0 amide bonds. The van der Waals surface area contributed by atoms with Crippen LogP contribution in [-0.2, 0) is 10.0 Å². The van der Waals surface area contributed by atoms with E-state index in [1.165, 1.54) is 29.7 Å². The van der Waals surface area contributed by atoms with Crippen molar-refractivity contribution in [2.75, 3.05) is 6.26 Å². The smallest absolute Gasteiger partial charge is 0.224 e. The first-order valence-electron chi connectivity index (χ1n) is 7.07. The summed E-state index contributed by atoms with van der Waals surface area (Å²) in [6.07, 6.45) is 7.16. The van der Waals surface area contributed by atoms with Gasteiger partial charge in [-0.15, -0.1) is 15.0 Å². The van der Waals surface area contributed by atoms with Crippen LogP contribution in [0.3, 0.4) is 0 Å². The number of para-hydroxylation sites is 1. The molecule has 114 valence electrons. The molecule has 1 aromatic carbocycles. The zero-order valence-corrected chi connectivity index (χ0v) is 14.3. The quantitative estimate of drug-likeness (QED) is 0.791. The molecule has 1 aliphatic carbocycles. The van der Waals surface area contributed by atoms with Crippen molar-refractivity contribution >= 4 is 43.5 Å². The Morgan fingerprint density at radius 3 is 2.62 bits per heavy atom. The number of hydrogen-bond donors (Lipinski definition) is 0. The van der Waals surface area contributed by atoms with Gasteiger partial charge in [0.1, 0.15) is 0 Å². The van der Waals surface area contributed by atoms with Crippen LogP contribution in [0.4, 0.5) is 0 Å². The van der Waals surface area contributed by atoms with Crippen molar-refractivity contribution in [2.45, 2.75) is 42.5 Å². The summed E-state index contributed by atoms with van der Waals surface area (Å²) in [5.74, 6) is 0. The van der Waals surface area contributed by atoms with Crippen LogP contribution in [0.2, 0.25) is 0 Å². The van der Waals surface area contributed by atoms with Crippen LogP contribution >= 0.6 is 23.3 Å². The highest BCUT2D eigenvalue weighted by Gasteiger charge is 2.34. The average molecular weight is 343 g/mol. The summed E-state index contributed by atoms with van der Waals surface area (Å²) in [5, 5.41) is 0. The summed E-state index contributed by atoms with van der Waals surface area (Å²) in [4.78, 5) is 4.32. The van der Waals surface area contributed by atoms with E-state index in [0.717, 1.165) is 35.9 Å². The fraction of sp³-hybridized carbons (Fsp3) is 0.500. The molecule has 1 aromatic heterocycles. The molecule has 0 N–H and O–H groups in total. The summed E-state index contributed by atoms with van der Waals surface area (Å²) < 4.78 is 28.5. The van der Waals surface area contributed by atoms with Gasteiger partial charge in [0.25, 0.3) is 10.0 Å². The Balaban J connectivity index is 1.96. The van der Waals surface area contributed by atoms with Gasteiger partial charge in [-0.3, -0.25) is 0 Å². The maximum absolute atomic E-state index is 12.9. The third-order valence-electron chi connectivity index (χ3n) is 3.78. The topological polar surface area (TPSA) is 50.3 Å². The molecule has 0 bridgehead atoms. The minimum atomic E-state index is -3.51. The summed E-state index contributed by atoms with van der Waals surface area (Å²) in [6, 6.07) is 7.66. The minimum Gasteiger partial charge on any atom is -0.224 e. The van der Waals surface area contributed by atoms with Crippen LogP contribution in [0, 0.1) is 0 Å². The standard InChI is InChI=1S/C14H18N2O2S3/c1-19-16(11-7-3-2-4-8-11)21(17,18)14-15-12-9-5-6-10-13(12)20-14/h5-6,9-11H,2-4,7-8H2,1H3. The molecule has 21 heavy (non-hydrogen) atoms. The van der Waals surface area contributed by atoms with Crippen molar-refractivity contribution < 1.29 is 8.42 Å². The van der Waals surface area contributed by atoms with Gasteiger partial charge < -0.3 is 0 Å². The van der Waals surface area contributed by atoms with Crippen molar-refractivity contribution in [1.82, 2.24) is 8.69 Å². The van der Waals surface area contributed by atoms with Gasteiger partial charge in [0.15, 0.2) is 0 Å². The highest BCUT2D eigenvalue weighted by atomic mass is 32.3. The second-order valence-electron chi connectivity index (χ2n) is 5.18. The van der Waals surface area contributed by atoms with Crippen LogP contribution in [0.15, 0.2) is 28.6 Å². The van der Waals surface area contributed by atoms with E-state index in [-0.39, 0.29) is 10.4 Å². The lowest BCUT2D eigenvalue weighted by molar-refractivity contribution is 0.346. The Morgan fingerprint density at radius 1 is 1.24 bits per heavy atom. The number of sulfonamides is 1. The SMILES string of the molecule is CSN(C1CCCCC1)S(=O)(=O)c1nc2ccccc2s1. The summed E-state index contributed by atoms with van der Waals surface area (Å²) in [7, 11) is -3.51. The van der Waals surface area contributed by atoms with Crippen molar-refractivity contribution in [3.05, 3.63) is 24.3 Å². The van der Waals surface area contributed by atoms with E-state index in [1.54, 1.807) is 3.71 Å². The Morgan fingerprint density at radius 2 is 1.95 bits per heavy atom. The van der Waals surface area contributed by atoms with Crippen LogP contribution in [0.5, 0.6) is 0 Å². The molecule has 0 aliphatic heterocycles. The second-order valence-corrected chi connectivity index (χ2v) is 9.19. The monoisotopic (exact) mass is 342 g/mol. The van der Waals surface area contributed by atoms with E-state index in [1.807, 2.05) is 30.5 Å². The van der Waals surface area contributed by atoms with Crippen LogP contribution in [0.25, 0.3) is 10.2 Å². The van der Waals surface area contributed by atoms with Gasteiger partial charge in [-0.05, 0) is 31.2 Å². The number of thiazole rings is 1. The molecular weight excluding hydrogens is 324 g/mol. The largest absolute Gasteiger partial charge is 0.279 e. The Hall–Kier alpha value is -0.630. The molecule has 1 aliphatic rings. The van der Waals surface area contributed by atoms with E-state index in [2.05, 4.69) is 4.98 Å². The molecule has 0 spiro atoms. The van der Waals surface area contributed by atoms with Gasteiger partial charge >= 0.3 is 0 Å². The maximum Gasteiger partial charge on any atom is 0.279 e. The molecule has 4 nitrogen and oxygen atoms in total. The summed E-state index contributed by atoms with van der Waals surface area (Å²) >= 11 is 2.56. The average Bonchev–Trinajstić information content (AvgIpc) is 2.93. The molecule has 0 unspecified atom stereocenters. The van der Waals surface area contributed by atoms with Gasteiger partial charge in [0.05, 0.1) is 10.2 Å². The normalized spacial score (nSPS) is 17.6. The summed E-state index contributed by atoms with van der Waals surface area (Å²) in [5.41, 5.74) is 0.755. The molecule has 2 aromatic rings. The lowest BCUT2D eigenvalue weighted by Gasteiger charge is -2.30. The third-order valence-corrected chi connectivity index (χ3v) is 8.50. The van der Waals surface area contributed by atoms with Crippen molar-refractivity contribution in [3.8, 4) is 0 Å². The second kappa shape index (κ2) is 6.24. The number of fused-ring (bicyclic) bond motifs is 1. The van der Waals surface area contributed by atoms with E-state index in [4.69, 9.17) is 0 Å². The van der Waals surface area contributed by atoms with Gasteiger partial charge in [-0.25, -0.2) is 13.4 Å². The Labute approximate surface area is 133 Å². The molecule has 0 saturated heterocycles. The number of hydrogen-bond acceptors (Lipinski definition) is 5. The predicted molar refractivity (Wildman–Crippen MR) is 89.0 cm³/mol. The Kier molecular flexibility index (Phi) is 4.54. The number of benzene rings is 1. The molecular formula is C14H18N2O2S3. The van der Waals surface area contributed by atoms with Gasteiger partial charge in [0.2, 0.25) is 4.34 Å². The van der Waals surface area contributed by atoms with Crippen LogP contribution in [0.1, 0.15) is 32.1 Å². The van der Waals surface area contributed by atoms with E-state index < -0.39 is 10.0 Å². The molecule has 0 radical (unpaired) electrons. The molecule has 1 fully saturated rings. The number of rotatable bonds is 4. The predicted octanol–water partition coefficient (Wildman–Crippen LogP) is 3.90. The van der Waals surface area contributed by atoms with E-state index in [0.29, 0.717) is 0 Å². The van der Waals surface area contributed by atoms with Gasteiger partial charge in [-0.1, -0.05) is 43.3 Å². The zero-order valence-electron chi connectivity index (χ0n) is 11.9. The van der Waals surface area contributed by atoms with Gasteiger partial charge in [-0.2, -0.15) is 0 Å². The first-order chi connectivity index (χ1) is 10.1. The zero-order chi connectivity index (χ0) is 14.9. The van der Waals surface area contributed by atoms with Crippen molar-refractivity contribution in [3.63, 3.8) is 0 Å². The molecule has 0 atom stereocenters. The summed E-state index contributed by atoms with van der Waals surface area (Å²) in [6.45, 7) is 0. The first-order valence-corrected chi connectivity index (χ1v) is 10.5. The van der Waals surface area contributed by atoms with E-state index in [9.17, 15) is 8.42 Å². The van der Waals surface area contributed by atoms with Crippen molar-refractivity contribution in [2.24, 2.45) is 0 Å². The number of aromatic nitrogens is 1. The lowest BCUT2D eigenvalue weighted by atomic mass is 9.96. The van der Waals surface area contributed by atoms with Crippen molar-refractivity contribution in [1.29, 1.82) is 0 Å². The molecule has 1 heterocycles. The van der Waals surface area contributed by atoms with Crippen LogP contribution < -0.4 is 0 Å². The first kappa shape index (κ1) is 15.3.